The minimum atomic E-state index is -0.268. The summed E-state index contributed by atoms with van der Waals surface area (Å²) in [4.78, 5) is 21.7. The van der Waals surface area contributed by atoms with Crippen molar-refractivity contribution in [2.75, 3.05) is 23.7 Å². The maximum absolute atomic E-state index is 11.3. The van der Waals surface area contributed by atoms with Gasteiger partial charge in [0.2, 0.25) is 11.9 Å². The second-order valence-electron chi connectivity index (χ2n) is 4.73. The highest BCUT2D eigenvalue weighted by Gasteiger charge is 2.26. The molecule has 1 aliphatic heterocycles. The lowest BCUT2D eigenvalue weighted by molar-refractivity contribution is -0.122. The highest BCUT2D eigenvalue weighted by atomic mass is 16.1. The number of fused-ring (bicyclic) bond motifs is 1. The first-order valence-electron chi connectivity index (χ1n) is 6.16. The molecule has 0 radical (unpaired) electrons. The molecule has 0 saturated carbocycles. The Morgan fingerprint density at radius 2 is 2.32 bits per heavy atom. The molecule has 1 atom stereocenters. The van der Waals surface area contributed by atoms with Crippen LogP contribution < -0.4 is 16.4 Å². The number of amides is 1. The van der Waals surface area contributed by atoms with Crippen LogP contribution in [0.4, 0.5) is 11.8 Å². The maximum atomic E-state index is 11.3. The molecule has 5 N–H and O–H groups in total. The molecular weight excluding hydrogens is 246 g/mol. The number of nitrogen functional groups attached to an aromatic ring is 1. The highest BCUT2D eigenvalue weighted by Crippen LogP contribution is 2.27. The molecular formula is C11H15N7O. The first kappa shape index (κ1) is 11.7. The Kier molecular flexibility index (Phi) is 2.69. The van der Waals surface area contributed by atoms with Crippen LogP contribution in [0.5, 0.6) is 0 Å². The molecule has 1 fully saturated rings. The van der Waals surface area contributed by atoms with Gasteiger partial charge in [-0.2, -0.15) is 15.1 Å². The topological polar surface area (TPSA) is 127 Å². The fraction of sp³-hybridized carbons (Fsp3) is 0.455. The average Bonchev–Trinajstić information content (AvgIpc) is 2.85. The number of nitrogens with two attached hydrogens (primary N) is 2. The van der Waals surface area contributed by atoms with E-state index in [2.05, 4.69) is 20.2 Å². The molecule has 0 bridgehead atoms. The molecule has 2 aromatic rings. The molecule has 1 saturated heterocycles. The number of hydrogen-bond donors (Lipinski definition) is 3. The lowest BCUT2D eigenvalue weighted by atomic mass is 9.97. The van der Waals surface area contributed by atoms with Gasteiger partial charge in [0, 0.05) is 13.1 Å². The van der Waals surface area contributed by atoms with Crippen LogP contribution in [0.1, 0.15) is 12.8 Å². The van der Waals surface area contributed by atoms with Gasteiger partial charge in [0.25, 0.3) is 0 Å². The van der Waals surface area contributed by atoms with Crippen molar-refractivity contribution >= 4 is 28.7 Å². The first-order valence-corrected chi connectivity index (χ1v) is 6.16. The van der Waals surface area contributed by atoms with Crippen molar-refractivity contribution in [3.05, 3.63) is 6.20 Å². The Morgan fingerprint density at radius 1 is 1.47 bits per heavy atom. The minimum Gasteiger partial charge on any atom is -0.369 e. The first-order chi connectivity index (χ1) is 9.15. The van der Waals surface area contributed by atoms with Crippen molar-refractivity contribution in [2.45, 2.75) is 12.8 Å². The zero-order chi connectivity index (χ0) is 13.4. The Hall–Kier alpha value is -2.38. The smallest absolute Gasteiger partial charge is 0.224 e. The number of nitrogens with one attached hydrogen (secondary N) is 1. The number of piperidine rings is 1. The van der Waals surface area contributed by atoms with Crippen molar-refractivity contribution < 1.29 is 4.79 Å². The summed E-state index contributed by atoms with van der Waals surface area (Å²) in [7, 11) is 0. The number of rotatable bonds is 2. The molecule has 1 aliphatic rings. The molecule has 0 aliphatic carbocycles. The van der Waals surface area contributed by atoms with Gasteiger partial charge in [-0.1, -0.05) is 0 Å². The van der Waals surface area contributed by atoms with Crippen LogP contribution in [0.25, 0.3) is 11.0 Å². The number of aromatic nitrogens is 4. The summed E-state index contributed by atoms with van der Waals surface area (Å²) in [6.45, 7) is 1.38. The maximum Gasteiger partial charge on any atom is 0.224 e. The number of aromatic amines is 1. The molecule has 2 aromatic heterocycles. The highest BCUT2D eigenvalue weighted by molar-refractivity contribution is 5.88. The van der Waals surface area contributed by atoms with Crippen molar-refractivity contribution in [3.63, 3.8) is 0 Å². The van der Waals surface area contributed by atoms with Gasteiger partial charge in [-0.25, -0.2) is 0 Å². The second kappa shape index (κ2) is 4.38. The zero-order valence-electron chi connectivity index (χ0n) is 10.3. The molecule has 19 heavy (non-hydrogen) atoms. The van der Waals surface area contributed by atoms with E-state index in [0.717, 1.165) is 24.8 Å². The van der Waals surface area contributed by atoms with Gasteiger partial charge in [0.15, 0.2) is 5.65 Å². The van der Waals surface area contributed by atoms with Gasteiger partial charge in [-0.05, 0) is 12.8 Å². The average molecular weight is 261 g/mol. The van der Waals surface area contributed by atoms with E-state index in [1.807, 2.05) is 4.90 Å². The predicted molar refractivity (Wildman–Crippen MR) is 70.2 cm³/mol. The van der Waals surface area contributed by atoms with Crippen LogP contribution in [-0.2, 0) is 4.79 Å². The molecule has 1 amide bonds. The van der Waals surface area contributed by atoms with Gasteiger partial charge >= 0.3 is 0 Å². The van der Waals surface area contributed by atoms with E-state index in [0.29, 0.717) is 18.0 Å². The monoisotopic (exact) mass is 261 g/mol. The van der Waals surface area contributed by atoms with E-state index in [4.69, 9.17) is 11.5 Å². The summed E-state index contributed by atoms with van der Waals surface area (Å²) < 4.78 is 0. The number of hydrogen-bond acceptors (Lipinski definition) is 6. The van der Waals surface area contributed by atoms with E-state index in [-0.39, 0.29) is 17.8 Å². The zero-order valence-corrected chi connectivity index (χ0v) is 10.3. The Labute approximate surface area is 109 Å². The SMILES string of the molecule is NC(=O)C1CCCN(c2nc(N)nc3[nH]ncc23)C1. The van der Waals surface area contributed by atoms with Crippen LogP contribution in [0.2, 0.25) is 0 Å². The summed E-state index contributed by atoms with van der Waals surface area (Å²) in [5.74, 6) is 0.484. The number of carbonyl (C=O) groups excluding carboxylic acids is 1. The van der Waals surface area contributed by atoms with Crippen molar-refractivity contribution in [1.29, 1.82) is 0 Å². The van der Waals surface area contributed by atoms with Crippen molar-refractivity contribution in [3.8, 4) is 0 Å². The quantitative estimate of drug-likeness (QED) is 0.677. The van der Waals surface area contributed by atoms with Gasteiger partial charge in [-0.3, -0.25) is 9.89 Å². The lowest BCUT2D eigenvalue weighted by Gasteiger charge is -2.32. The van der Waals surface area contributed by atoms with Crippen LogP contribution in [0.15, 0.2) is 6.20 Å². The summed E-state index contributed by atoms with van der Waals surface area (Å²) in [5, 5.41) is 7.53. The number of carbonyl (C=O) groups is 1. The third-order valence-electron chi connectivity index (χ3n) is 3.43. The largest absolute Gasteiger partial charge is 0.369 e. The number of primary amides is 1. The Bertz CT molecular complexity index is 623. The van der Waals surface area contributed by atoms with E-state index in [9.17, 15) is 4.79 Å². The van der Waals surface area contributed by atoms with Crippen LogP contribution >= 0.6 is 0 Å². The van der Waals surface area contributed by atoms with Crippen LogP contribution in [0, 0.1) is 5.92 Å². The summed E-state index contributed by atoms with van der Waals surface area (Å²) >= 11 is 0. The molecule has 0 aromatic carbocycles. The summed E-state index contributed by atoms with van der Waals surface area (Å²) in [6.07, 6.45) is 3.38. The Morgan fingerprint density at radius 3 is 3.11 bits per heavy atom. The number of H-pyrrole nitrogens is 1. The van der Waals surface area contributed by atoms with Crippen LogP contribution in [0.3, 0.4) is 0 Å². The third kappa shape index (κ3) is 2.05. The molecule has 8 heteroatoms. The molecule has 3 heterocycles. The standard InChI is InChI=1S/C11H15N7O/c12-8(19)6-2-1-3-18(5-6)10-7-4-14-17-9(7)15-11(13)16-10/h4,6H,1-3,5H2,(H2,12,19)(H3,13,14,15,16,17). The van der Waals surface area contributed by atoms with E-state index in [1.165, 1.54) is 0 Å². The van der Waals surface area contributed by atoms with E-state index >= 15 is 0 Å². The molecule has 3 rings (SSSR count). The van der Waals surface area contributed by atoms with E-state index < -0.39 is 0 Å². The van der Waals surface area contributed by atoms with Crippen LogP contribution in [-0.4, -0.2) is 39.2 Å². The summed E-state index contributed by atoms with van der Waals surface area (Å²) in [6, 6.07) is 0. The fourth-order valence-corrected chi connectivity index (χ4v) is 2.48. The second-order valence-corrected chi connectivity index (χ2v) is 4.73. The fourth-order valence-electron chi connectivity index (χ4n) is 2.48. The molecule has 1 unspecified atom stereocenters. The normalized spacial score (nSPS) is 19.8. The predicted octanol–water partition coefficient (Wildman–Crippen LogP) is -0.363. The van der Waals surface area contributed by atoms with Crippen molar-refractivity contribution in [1.82, 2.24) is 20.2 Å². The van der Waals surface area contributed by atoms with E-state index in [1.54, 1.807) is 6.20 Å². The summed E-state index contributed by atoms with van der Waals surface area (Å²) in [5.41, 5.74) is 11.7. The van der Waals surface area contributed by atoms with Gasteiger partial charge in [0.05, 0.1) is 17.5 Å². The number of nitrogens with zero attached hydrogens (tertiary/aromatic N) is 4. The molecule has 0 spiro atoms. The third-order valence-corrected chi connectivity index (χ3v) is 3.43. The molecule has 100 valence electrons. The van der Waals surface area contributed by atoms with Crippen molar-refractivity contribution in [2.24, 2.45) is 11.7 Å². The number of anilines is 2. The molecule has 8 nitrogen and oxygen atoms in total. The van der Waals surface area contributed by atoms with Gasteiger partial charge in [0.1, 0.15) is 5.82 Å². The van der Waals surface area contributed by atoms with Gasteiger partial charge in [-0.15, -0.1) is 0 Å². The lowest BCUT2D eigenvalue weighted by Crippen LogP contribution is -2.41. The minimum absolute atomic E-state index is 0.146. The Balaban J connectivity index is 1.99. The van der Waals surface area contributed by atoms with Gasteiger partial charge < -0.3 is 16.4 Å².